The molecule has 0 aliphatic carbocycles. The van der Waals surface area contributed by atoms with E-state index in [1.807, 2.05) is 0 Å². The summed E-state index contributed by atoms with van der Waals surface area (Å²) in [6.45, 7) is 0.608. The summed E-state index contributed by atoms with van der Waals surface area (Å²) >= 11 is 6.06. The van der Waals surface area contributed by atoms with Crippen LogP contribution >= 0.6 is 11.6 Å². The van der Waals surface area contributed by atoms with E-state index >= 15 is 0 Å². The molecule has 0 spiro atoms. The highest BCUT2D eigenvalue weighted by molar-refractivity contribution is 6.30. The number of aromatic nitrogens is 1. The zero-order valence-corrected chi connectivity index (χ0v) is 15.9. The second kappa shape index (κ2) is 6.42. The van der Waals surface area contributed by atoms with Gasteiger partial charge in [-0.2, -0.15) is 0 Å². The van der Waals surface area contributed by atoms with Crippen LogP contribution in [0.25, 0.3) is 0 Å². The van der Waals surface area contributed by atoms with Gasteiger partial charge in [0, 0.05) is 41.7 Å². The van der Waals surface area contributed by atoms with Gasteiger partial charge in [-0.05, 0) is 29.8 Å². The van der Waals surface area contributed by atoms with Crippen molar-refractivity contribution in [3.8, 4) is 0 Å². The van der Waals surface area contributed by atoms with Crippen LogP contribution in [0.2, 0.25) is 5.02 Å². The maximum absolute atomic E-state index is 14.7. The second-order valence-corrected chi connectivity index (χ2v) is 7.50. The summed E-state index contributed by atoms with van der Waals surface area (Å²) in [5, 5.41) is 4.28. The van der Waals surface area contributed by atoms with Gasteiger partial charge in [-0.3, -0.25) is 9.59 Å². The van der Waals surface area contributed by atoms with Gasteiger partial charge < -0.3 is 14.3 Å². The minimum Gasteiger partial charge on any atom is -0.364 e. The van der Waals surface area contributed by atoms with E-state index in [0.717, 1.165) is 0 Å². The van der Waals surface area contributed by atoms with Crippen molar-refractivity contribution in [2.24, 2.45) is 0 Å². The van der Waals surface area contributed by atoms with E-state index < -0.39 is 11.5 Å². The molecular formula is C21H15ClFN3O3. The van der Waals surface area contributed by atoms with Crippen LogP contribution in [-0.2, 0) is 12.1 Å². The van der Waals surface area contributed by atoms with Gasteiger partial charge in [-0.15, -0.1) is 0 Å². The highest BCUT2D eigenvalue weighted by Crippen LogP contribution is 2.46. The lowest BCUT2D eigenvalue weighted by atomic mass is 9.83. The largest absolute Gasteiger partial charge is 0.364 e. The van der Waals surface area contributed by atoms with Crippen LogP contribution in [0.15, 0.2) is 59.3 Å². The van der Waals surface area contributed by atoms with Crippen molar-refractivity contribution in [3.63, 3.8) is 0 Å². The molecular weight excluding hydrogens is 397 g/mol. The molecule has 146 valence electrons. The smallest absolute Gasteiger partial charge is 0.278 e. The zero-order chi connectivity index (χ0) is 20.2. The predicted molar refractivity (Wildman–Crippen MR) is 102 cm³/mol. The first kappa shape index (κ1) is 17.9. The zero-order valence-electron chi connectivity index (χ0n) is 15.1. The lowest BCUT2D eigenvalue weighted by molar-refractivity contribution is 0.00665. The fourth-order valence-corrected chi connectivity index (χ4v) is 4.49. The van der Waals surface area contributed by atoms with Gasteiger partial charge in [-0.1, -0.05) is 35.0 Å². The molecule has 3 aromatic rings. The molecule has 2 aliphatic rings. The average molecular weight is 412 g/mol. The van der Waals surface area contributed by atoms with Crippen LogP contribution in [0, 0.1) is 5.82 Å². The van der Waals surface area contributed by atoms with E-state index in [1.54, 1.807) is 40.1 Å². The number of benzene rings is 2. The molecule has 5 rings (SSSR count). The summed E-state index contributed by atoms with van der Waals surface area (Å²) in [5.41, 5.74) is 0.256. The molecule has 29 heavy (non-hydrogen) atoms. The maximum Gasteiger partial charge on any atom is 0.278 e. The fraction of sp³-hybridized carbons (Fsp3) is 0.190. The van der Waals surface area contributed by atoms with E-state index in [9.17, 15) is 14.0 Å². The molecule has 2 aliphatic heterocycles. The first-order valence-corrected chi connectivity index (χ1v) is 9.48. The molecule has 0 radical (unpaired) electrons. The Labute approximate surface area is 170 Å². The van der Waals surface area contributed by atoms with Crippen LogP contribution in [0.1, 0.15) is 32.0 Å². The molecule has 1 atom stereocenters. The number of halogens is 2. The van der Waals surface area contributed by atoms with Crippen LogP contribution < -0.4 is 0 Å². The molecule has 0 bridgehead atoms. The lowest BCUT2D eigenvalue weighted by Gasteiger charge is -2.47. The van der Waals surface area contributed by atoms with Gasteiger partial charge in [0.15, 0.2) is 5.69 Å². The SMILES string of the molecule is O=C(c1ccon1)N1CCN2C(=O)c3cccc(F)c3CC12c1ccc(Cl)cc1. The Hall–Kier alpha value is -3.19. The number of nitrogens with zero attached hydrogens (tertiary/aromatic N) is 3. The highest BCUT2D eigenvalue weighted by Gasteiger charge is 2.56. The molecule has 1 fully saturated rings. The number of carbonyl (C=O) groups is 2. The monoisotopic (exact) mass is 411 g/mol. The van der Waals surface area contributed by atoms with Crippen LogP contribution in [0.4, 0.5) is 4.39 Å². The Morgan fingerprint density at radius 1 is 1.14 bits per heavy atom. The summed E-state index contributed by atoms with van der Waals surface area (Å²) in [4.78, 5) is 29.8. The Morgan fingerprint density at radius 3 is 2.66 bits per heavy atom. The Bertz CT molecular complexity index is 1120. The predicted octanol–water partition coefficient (Wildman–Crippen LogP) is 3.47. The number of hydrogen-bond donors (Lipinski definition) is 0. The number of carbonyl (C=O) groups excluding carboxylic acids is 2. The first-order chi connectivity index (χ1) is 14.0. The van der Waals surface area contributed by atoms with Crippen LogP contribution in [-0.4, -0.2) is 39.9 Å². The van der Waals surface area contributed by atoms with Gasteiger partial charge in [-0.25, -0.2) is 4.39 Å². The molecule has 1 saturated heterocycles. The highest BCUT2D eigenvalue weighted by atomic mass is 35.5. The maximum atomic E-state index is 14.7. The summed E-state index contributed by atoms with van der Waals surface area (Å²) in [6, 6.07) is 12.9. The van der Waals surface area contributed by atoms with E-state index in [0.29, 0.717) is 28.3 Å². The molecule has 2 aromatic carbocycles. The molecule has 2 amide bonds. The number of hydrogen-bond acceptors (Lipinski definition) is 4. The molecule has 0 saturated carbocycles. The minimum atomic E-state index is -1.17. The van der Waals surface area contributed by atoms with Crippen molar-refractivity contribution in [1.29, 1.82) is 0 Å². The van der Waals surface area contributed by atoms with Crippen molar-refractivity contribution < 1.29 is 18.5 Å². The second-order valence-electron chi connectivity index (χ2n) is 7.06. The molecule has 0 N–H and O–H groups in total. The van der Waals surface area contributed by atoms with Gasteiger partial charge in [0.1, 0.15) is 17.7 Å². The third kappa shape index (κ3) is 2.50. The normalized spacial score (nSPS) is 20.6. The third-order valence-corrected chi connectivity index (χ3v) is 5.92. The Morgan fingerprint density at radius 2 is 1.93 bits per heavy atom. The Balaban J connectivity index is 1.73. The summed E-state index contributed by atoms with van der Waals surface area (Å²) in [5.74, 6) is -1.16. The summed E-state index contributed by atoms with van der Waals surface area (Å²) in [7, 11) is 0. The van der Waals surface area contributed by atoms with Crippen molar-refractivity contribution in [3.05, 3.63) is 88.0 Å². The van der Waals surface area contributed by atoms with Gasteiger partial charge in [0.05, 0.1) is 0 Å². The van der Waals surface area contributed by atoms with Gasteiger partial charge in [0.2, 0.25) is 0 Å². The van der Waals surface area contributed by atoms with Crippen LogP contribution in [0.5, 0.6) is 0 Å². The van der Waals surface area contributed by atoms with Crippen LogP contribution in [0.3, 0.4) is 0 Å². The van der Waals surface area contributed by atoms with E-state index in [2.05, 4.69) is 5.16 Å². The number of fused-ring (bicyclic) bond motifs is 2. The molecule has 1 unspecified atom stereocenters. The molecule has 8 heteroatoms. The summed E-state index contributed by atoms with van der Waals surface area (Å²) < 4.78 is 19.6. The van der Waals surface area contributed by atoms with E-state index in [4.69, 9.17) is 16.1 Å². The van der Waals surface area contributed by atoms with Gasteiger partial charge in [0.25, 0.3) is 11.8 Å². The minimum absolute atomic E-state index is 0.131. The first-order valence-electron chi connectivity index (χ1n) is 9.10. The molecule has 6 nitrogen and oxygen atoms in total. The molecule has 1 aromatic heterocycles. The quantitative estimate of drug-likeness (QED) is 0.647. The van der Waals surface area contributed by atoms with E-state index in [1.165, 1.54) is 24.5 Å². The van der Waals surface area contributed by atoms with Crippen molar-refractivity contribution in [2.45, 2.75) is 12.1 Å². The molecule has 3 heterocycles. The summed E-state index contributed by atoms with van der Waals surface area (Å²) in [6.07, 6.45) is 1.45. The number of rotatable bonds is 2. The van der Waals surface area contributed by atoms with Crippen molar-refractivity contribution >= 4 is 23.4 Å². The number of amides is 2. The van der Waals surface area contributed by atoms with E-state index in [-0.39, 0.29) is 30.5 Å². The Kier molecular flexibility index (Phi) is 3.96. The lowest BCUT2D eigenvalue weighted by Crippen LogP contribution is -2.58. The van der Waals surface area contributed by atoms with Crippen molar-refractivity contribution in [2.75, 3.05) is 13.1 Å². The standard InChI is InChI=1S/C21H15ClFN3O3/c22-14-6-4-13(5-7-14)21-12-16-15(2-1-3-17(16)23)19(27)25(21)9-10-26(21)20(28)18-8-11-29-24-18/h1-8,11H,9-10,12H2. The van der Waals surface area contributed by atoms with Crippen molar-refractivity contribution in [1.82, 2.24) is 15.0 Å². The fourth-order valence-electron chi connectivity index (χ4n) is 4.37. The topological polar surface area (TPSA) is 66.7 Å². The average Bonchev–Trinajstić information content (AvgIpc) is 3.38. The van der Waals surface area contributed by atoms with Gasteiger partial charge >= 0.3 is 0 Å². The third-order valence-electron chi connectivity index (χ3n) is 5.67.